The van der Waals surface area contributed by atoms with E-state index < -0.39 is 10.0 Å². The number of anilines is 1. The van der Waals surface area contributed by atoms with Crippen LogP contribution in [0.4, 0.5) is 5.69 Å². The molecule has 0 saturated heterocycles. The van der Waals surface area contributed by atoms with Crippen LogP contribution in [-0.2, 0) is 16.6 Å². The van der Waals surface area contributed by atoms with E-state index >= 15 is 0 Å². The summed E-state index contributed by atoms with van der Waals surface area (Å²) in [5.74, 6) is 0.739. The maximum absolute atomic E-state index is 11.5. The van der Waals surface area contributed by atoms with Crippen molar-refractivity contribution in [1.29, 1.82) is 0 Å². The smallest absolute Gasteiger partial charge is 0.238 e. The minimum absolute atomic E-state index is 0.0987. The molecule has 1 aromatic carbocycles. The molecular weight excluding hydrogens is 344 g/mol. The molecule has 0 spiro atoms. The van der Waals surface area contributed by atoms with E-state index in [1.54, 1.807) is 18.4 Å². The molecule has 0 amide bonds. The normalized spacial score (nSPS) is 11.6. The van der Waals surface area contributed by atoms with Gasteiger partial charge in [-0.15, -0.1) is 0 Å². The number of sulfonamides is 1. The van der Waals surface area contributed by atoms with Gasteiger partial charge in [-0.05, 0) is 59.1 Å². The summed E-state index contributed by atoms with van der Waals surface area (Å²) >= 11 is 3.37. The molecule has 1 aromatic heterocycles. The van der Waals surface area contributed by atoms with Crippen molar-refractivity contribution in [2.45, 2.75) is 25.3 Å². The van der Waals surface area contributed by atoms with Crippen molar-refractivity contribution in [3.63, 3.8) is 0 Å². The summed E-state index contributed by atoms with van der Waals surface area (Å²) in [5.41, 5.74) is 2.55. The second-order valence-corrected chi connectivity index (χ2v) is 6.92. The van der Waals surface area contributed by atoms with Crippen molar-refractivity contribution in [2.75, 3.05) is 5.32 Å². The second-order valence-electron chi connectivity index (χ2n) is 4.50. The summed E-state index contributed by atoms with van der Waals surface area (Å²) in [7, 11) is -3.72. The predicted molar refractivity (Wildman–Crippen MR) is 81.0 cm³/mol. The highest BCUT2D eigenvalue weighted by Crippen LogP contribution is 2.25. The highest BCUT2D eigenvalue weighted by atomic mass is 79.9. The maximum atomic E-state index is 11.5. The summed E-state index contributed by atoms with van der Waals surface area (Å²) < 4.78 is 29.1. The van der Waals surface area contributed by atoms with E-state index in [0.29, 0.717) is 6.54 Å². The molecular formula is C13H15BrN2O3S. The van der Waals surface area contributed by atoms with Crippen LogP contribution in [0.1, 0.15) is 16.9 Å². The van der Waals surface area contributed by atoms with E-state index in [9.17, 15) is 8.42 Å². The van der Waals surface area contributed by atoms with Crippen LogP contribution >= 0.6 is 15.9 Å². The van der Waals surface area contributed by atoms with Crippen molar-refractivity contribution in [1.82, 2.24) is 0 Å². The molecule has 0 fully saturated rings. The quantitative estimate of drug-likeness (QED) is 0.879. The zero-order chi connectivity index (χ0) is 14.9. The molecule has 2 rings (SSSR count). The molecule has 0 bridgehead atoms. The van der Waals surface area contributed by atoms with Gasteiger partial charge in [0.1, 0.15) is 5.76 Å². The van der Waals surface area contributed by atoms with Crippen molar-refractivity contribution in [2.24, 2.45) is 5.14 Å². The number of rotatable bonds is 4. The van der Waals surface area contributed by atoms with Crippen LogP contribution in [0.2, 0.25) is 0 Å². The van der Waals surface area contributed by atoms with Gasteiger partial charge < -0.3 is 9.73 Å². The number of nitrogens with one attached hydrogen (secondary N) is 1. The molecule has 5 nitrogen and oxygen atoms in total. The van der Waals surface area contributed by atoms with Crippen LogP contribution in [0.25, 0.3) is 0 Å². The van der Waals surface area contributed by atoms with E-state index in [1.807, 2.05) is 13.8 Å². The third-order valence-corrected chi connectivity index (χ3v) is 4.70. The molecule has 0 saturated carbocycles. The standard InChI is InChI=1S/C13H15BrN2O3S/c1-8-5-10(20(15,17)18)6-12(9(8)2)16-7-13-11(14)3-4-19-13/h3-6,16H,7H2,1-2H3,(H2,15,17,18). The van der Waals surface area contributed by atoms with Crippen LogP contribution in [-0.4, -0.2) is 8.42 Å². The number of nitrogens with two attached hydrogens (primary N) is 1. The topological polar surface area (TPSA) is 85.3 Å². The van der Waals surface area contributed by atoms with Gasteiger partial charge in [0, 0.05) is 5.69 Å². The minimum atomic E-state index is -3.72. The number of primary sulfonamides is 1. The molecule has 108 valence electrons. The first-order valence-electron chi connectivity index (χ1n) is 5.89. The molecule has 0 aliphatic rings. The SMILES string of the molecule is Cc1cc(S(N)(=O)=O)cc(NCc2occc2Br)c1C. The Bertz CT molecular complexity index is 738. The van der Waals surface area contributed by atoms with Gasteiger partial charge in [-0.2, -0.15) is 0 Å². The predicted octanol–water partition coefficient (Wildman–Crippen LogP) is 2.92. The van der Waals surface area contributed by atoms with Crippen molar-refractivity contribution in [3.8, 4) is 0 Å². The Labute approximate surface area is 126 Å². The third kappa shape index (κ3) is 3.23. The van der Waals surface area contributed by atoms with Crippen molar-refractivity contribution < 1.29 is 12.8 Å². The fourth-order valence-electron chi connectivity index (χ4n) is 1.80. The molecule has 0 unspecified atom stereocenters. The highest BCUT2D eigenvalue weighted by molar-refractivity contribution is 9.10. The van der Waals surface area contributed by atoms with Gasteiger partial charge >= 0.3 is 0 Å². The lowest BCUT2D eigenvalue weighted by Gasteiger charge is -2.13. The first kappa shape index (κ1) is 15.1. The summed E-state index contributed by atoms with van der Waals surface area (Å²) in [4.78, 5) is 0.0987. The lowest BCUT2D eigenvalue weighted by molar-refractivity contribution is 0.516. The number of benzene rings is 1. The Morgan fingerprint density at radius 3 is 2.60 bits per heavy atom. The molecule has 7 heteroatoms. The molecule has 0 radical (unpaired) electrons. The van der Waals surface area contributed by atoms with Gasteiger partial charge in [0.25, 0.3) is 0 Å². The Morgan fingerprint density at radius 1 is 1.35 bits per heavy atom. The molecule has 0 aliphatic heterocycles. The Hall–Kier alpha value is -1.31. The number of hydrogen-bond donors (Lipinski definition) is 2. The average Bonchev–Trinajstić information content (AvgIpc) is 2.75. The van der Waals surface area contributed by atoms with E-state index in [0.717, 1.165) is 27.0 Å². The number of furan rings is 1. The summed E-state index contributed by atoms with van der Waals surface area (Å²) in [5, 5.41) is 8.34. The second kappa shape index (κ2) is 5.59. The summed E-state index contributed by atoms with van der Waals surface area (Å²) in [6, 6.07) is 4.91. The van der Waals surface area contributed by atoms with Crippen LogP contribution in [0.3, 0.4) is 0 Å². The fourth-order valence-corrected chi connectivity index (χ4v) is 2.77. The van der Waals surface area contributed by atoms with Gasteiger partial charge in [0.05, 0.1) is 22.2 Å². The molecule has 0 atom stereocenters. The van der Waals surface area contributed by atoms with Gasteiger partial charge in [0.2, 0.25) is 10.0 Å². The van der Waals surface area contributed by atoms with E-state index in [-0.39, 0.29) is 4.90 Å². The van der Waals surface area contributed by atoms with E-state index in [1.165, 1.54) is 6.07 Å². The molecule has 2 aromatic rings. The highest BCUT2D eigenvalue weighted by Gasteiger charge is 2.13. The Balaban J connectivity index is 2.32. The number of halogens is 1. The van der Waals surface area contributed by atoms with Gasteiger partial charge in [-0.3, -0.25) is 0 Å². The third-order valence-electron chi connectivity index (χ3n) is 3.10. The first-order chi connectivity index (χ1) is 9.29. The van der Waals surface area contributed by atoms with E-state index in [4.69, 9.17) is 9.56 Å². The first-order valence-corrected chi connectivity index (χ1v) is 8.23. The van der Waals surface area contributed by atoms with Crippen LogP contribution in [0, 0.1) is 13.8 Å². The van der Waals surface area contributed by atoms with Crippen LogP contribution < -0.4 is 10.5 Å². The average molecular weight is 359 g/mol. The van der Waals surface area contributed by atoms with Crippen LogP contribution in [0.5, 0.6) is 0 Å². The van der Waals surface area contributed by atoms with Crippen molar-refractivity contribution >= 4 is 31.6 Å². The lowest BCUT2D eigenvalue weighted by atomic mass is 10.1. The molecule has 3 N–H and O–H groups in total. The monoisotopic (exact) mass is 358 g/mol. The number of aryl methyl sites for hydroxylation is 1. The largest absolute Gasteiger partial charge is 0.466 e. The zero-order valence-corrected chi connectivity index (χ0v) is 13.5. The van der Waals surface area contributed by atoms with Crippen LogP contribution in [0.15, 0.2) is 38.2 Å². The van der Waals surface area contributed by atoms with Crippen molar-refractivity contribution in [3.05, 3.63) is 45.8 Å². The van der Waals surface area contributed by atoms with Gasteiger partial charge in [0.15, 0.2) is 0 Å². The molecule has 0 aliphatic carbocycles. The Kier molecular flexibility index (Phi) is 4.22. The molecule has 1 heterocycles. The summed E-state index contributed by atoms with van der Waals surface area (Å²) in [6.45, 7) is 4.21. The summed E-state index contributed by atoms with van der Waals surface area (Å²) in [6.07, 6.45) is 1.58. The van der Waals surface area contributed by atoms with Gasteiger partial charge in [-0.1, -0.05) is 0 Å². The molecule has 20 heavy (non-hydrogen) atoms. The zero-order valence-electron chi connectivity index (χ0n) is 11.1. The maximum Gasteiger partial charge on any atom is 0.238 e. The van der Waals surface area contributed by atoms with E-state index in [2.05, 4.69) is 21.2 Å². The lowest BCUT2D eigenvalue weighted by Crippen LogP contribution is -2.13. The Morgan fingerprint density at radius 2 is 2.05 bits per heavy atom. The minimum Gasteiger partial charge on any atom is -0.466 e. The fraction of sp³-hybridized carbons (Fsp3) is 0.231. The van der Waals surface area contributed by atoms with Gasteiger partial charge in [-0.25, -0.2) is 13.6 Å². The number of hydrogen-bond acceptors (Lipinski definition) is 4.